The Morgan fingerprint density at radius 2 is 1.92 bits per heavy atom. The number of H-pyrrole nitrogens is 1. The molecule has 1 saturated heterocycles. The van der Waals surface area contributed by atoms with E-state index in [4.69, 9.17) is 9.57 Å². The topological polar surface area (TPSA) is 54.6 Å². The lowest BCUT2D eigenvalue weighted by Gasteiger charge is -2.24. The van der Waals surface area contributed by atoms with E-state index in [-0.39, 0.29) is 12.0 Å². The predicted molar refractivity (Wildman–Crippen MR) is 91.5 cm³/mol. The van der Waals surface area contributed by atoms with Crippen molar-refractivity contribution >= 4 is 22.6 Å². The van der Waals surface area contributed by atoms with Gasteiger partial charge in [0.25, 0.3) is 0 Å². The van der Waals surface area contributed by atoms with Crippen molar-refractivity contribution in [2.45, 2.75) is 18.6 Å². The highest BCUT2D eigenvalue weighted by Gasteiger charge is 2.40. The Morgan fingerprint density at radius 1 is 1.17 bits per heavy atom. The van der Waals surface area contributed by atoms with Crippen LogP contribution in [-0.4, -0.2) is 24.2 Å². The van der Waals surface area contributed by atoms with Gasteiger partial charge in [-0.05, 0) is 18.2 Å². The largest absolute Gasteiger partial charge is 0.467 e. The molecule has 1 aliphatic heterocycles. The van der Waals surface area contributed by atoms with Crippen molar-refractivity contribution in [1.82, 2.24) is 4.98 Å². The number of anilines is 1. The summed E-state index contributed by atoms with van der Waals surface area (Å²) in [6.45, 7) is 0. The van der Waals surface area contributed by atoms with Crippen molar-refractivity contribution < 1.29 is 14.4 Å². The van der Waals surface area contributed by atoms with Crippen LogP contribution in [0, 0.1) is 0 Å². The molecule has 0 radical (unpaired) electrons. The van der Waals surface area contributed by atoms with Crippen LogP contribution in [0.2, 0.25) is 0 Å². The number of esters is 1. The minimum atomic E-state index is -0.603. The van der Waals surface area contributed by atoms with Crippen molar-refractivity contribution in [2.24, 2.45) is 0 Å². The number of rotatable bonds is 3. The second-order valence-electron chi connectivity index (χ2n) is 5.82. The van der Waals surface area contributed by atoms with Crippen LogP contribution in [0.4, 0.5) is 5.69 Å². The lowest BCUT2D eigenvalue weighted by atomic mass is 10.0. The fraction of sp³-hybridized carbons (Fsp3) is 0.211. The van der Waals surface area contributed by atoms with E-state index in [0.29, 0.717) is 6.42 Å². The highest BCUT2D eigenvalue weighted by atomic mass is 16.7. The van der Waals surface area contributed by atoms with Crippen LogP contribution in [0.1, 0.15) is 18.0 Å². The lowest BCUT2D eigenvalue weighted by molar-refractivity contribution is -0.151. The Morgan fingerprint density at radius 3 is 2.71 bits per heavy atom. The van der Waals surface area contributed by atoms with Gasteiger partial charge in [0.2, 0.25) is 0 Å². The molecule has 0 amide bonds. The van der Waals surface area contributed by atoms with Gasteiger partial charge in [-0.3, -0.25) is 4.84 Å². The Bertz CT molecular complexity index is 859. The number of hydrogen-bond acceptors (Lipinski definition) is 4. The van der Waals surface area contributed by atoms with Gasteiger partial charge in [0.1, 0.15) is 0 Å². The molecular weight excluding hydrogens is 304 g/mol. The highest BCUT2D eigenvalue weighted by molar-refractivity contribution is 5.84. The zero-order chi connectivity index (χ0) is 16.5. The average molecular weight is 322 g/mol. The van der Waals surface area contributed by atoms with Crippen molar-refractivity contribution in [2.75, 3.05) is 12.2 Å². The maximum atomic E-state index is 12.0. The number of fused-ring (bicyclic) bond motifs is 1. The molecule has 2 atom stereocenters. The van der Waals surface area contributed by atoms with E-state index < -0.39 is 6.10 Å². The molecule has 0 saturated carbocycles. The molecule has 1 fully saturated rings. The van der Waals surface area contributed by atoms with E-state index in [1.54, 1.807) is 0 Å². The van der Waals surface area contributed by atoms with Gasteiger partial charge in [0, 0.05) is 29.1 Å². The third-order valence-electron chi connectivity index (χ3n) is 4.42. The van der Waals surface area contributed by atoms with Gasteiger partial charge in [-0.25, -0.2) is 9.86 Å². The lowest BCUT2D eigenvalue weighted by Crippen LogP contribution is -2.25. The number of carbonyl (C=O) groups is 1. The Kier molecular flexibility index (Phi) is 3.70. The second kappa shape index (κ2) is 6.02. The normalized spacial score (nSPS) is 20.5. The number of carbonyl (C=O) groups excluding carboxylic acids is 1. The van der Waals surface area contributed by atoms with Gasteiger partial charge in [0.05, 0.1) is 18.8 Å². The van der Waals surface area contributed by atoms with Crippen molar-refractivity contribution in [3.8, 4) is 0 Å². The molecule has 2 aromatic carbocycles. The van der Waals surface area contributed by atoms with E-state index in [1.807, 2.05) is 59.8 Å². The minimum absolute atomic E-state index is 0.0624. The first kappa shape index (κ1) is 14.8. The summed E-state index contributed by atoms with van der Waals surface area (Å²) in [6.07, 6.45) is 1.94. The van der Waals surface area contributed by atoms with Gasteiger partial charge in [0.15, 0.2) is 6.10 Å². The minimum Gasteiger partial charge on any atom is -0.467 e. The van der Waals surface area contributed by atoms with E-state index >= 15 is 0 Å². The van der Waals surface area contributed by atoms with Crippen molar-refractivity contribution in [3.63, 3.8) is 0 Å². The Hall–Kier alpha value is -2.79. The molecule has 0 spiro atoms. The quantitative estimate of drug-likeness (QED) is 0.749. The van der Waals surface area contributed by atoms with E-state index in [2.05, 4.69) is 11.1 Å². The van der Waals surface area contributed by atoms with Crippen LogP contribution in [0.3, 0.4) is 0 Å². The maximum Gasteiger partial charge on any atom is 0.337 e. The number of methoxy groups -OCH3 is 1. The summed E-state index contributed by atoms with van der Waals surface area (Å²) in [7, 11) is 1.39. The molecule has 1 aliphatic rings. The fourth-order valence-electron chi connectivity index (χ4n) is 3.26. The van der Waals surface area contributed by atoms with Crippen molar-refractivity contribution in [3.05, 3.63) is 66.4 Å². The molecule has 2 heterocycles. The molecule has 0 aliphatic carbocycles. The molecule has 0 unspecified atom stereocenters. The first-order valence-corrected chi connectivity index (χ1v) is 7.93. The number of nitrogens with zero attached hydrogens (tertiary/aromatic N) is 1. The van der Waals surface area contributed by atoms with Crippen LogP contribution in [0.5, 0.6) is 0 Å². The van der Waals surface area contributed by atoms with E-state index in [1.165, 1.54) is 7.11 Å². The number of aromatic nitrogens is 1. The standard InChI is InChI=1S/C19H18N2O3/c1-23-19(22)18-11-17(21(24-18)13-7-3-2-4-8-13)15-12-20-16-10-6-5-9-14(15)16/h2-10,12,17-18,20H,11H2,1H3/t17-,18+/m1/s1. The first-order valence-electron chi connectivity index (χ1n) is 7.93. The number of hydroxylamine groups is 1. The van der Waals surface area contributed by atoms with Gasteiger partial charge in [-0.15, -0.1) is 0 Å². The van der Waals surface area contributed by atoms with Crippen LogP contribution in [0.25, 0.3) is 10.9 Å². The Balaban J connectivity index is 1.77. The zero-order valence-corrected chi connectivity index (χ0v) is 13.3. The van der Waals surface area contributed by atoms with E-state index in [0.717, 1.165) is 22.2 Å². The van der Waals surface area contributed by atoms with Crippen LogP contribution in [0.15, 0.2) is 60.8 Å². The Labute approximate surface area is 139 Å². The number of benzene rings is 2. The third-order valence-corrected chi connectivity index (χ3v) is 4.42. The molecule has 3 aromatic rings. The SMILES string of the molecule is COC(=O)[C@@H]1C[C@H](c2c[nH]c3ccccc23)N(c2ccccc2)O1. The summed E-state index contributed by atoms with van der Waals surface area (Å²) in [5.41, 5.74) is 3.10. The molecule has 4 rings (SSSR count). The third kappa shape index (κ3) is 2.43. The summed E-state index contributed by atoms with van der Waals surface area (Å²) in [6, 6.07) is 17.9. The molecule has 5 nitrogen and oxygen atoms in total. The van der Waals surface area contributed by atoms with Crippen LogP contribution in [-0.2, 0) is 14.4 Å². The molecule has 1 N–H and O–H groups in total. The summed E-state index contributed by atoms with van der Waals surface area (Å²) in [5, 5.41) is 2.95. The monoisotopic (exact) mass is 322 g/mol. The van der Waals surface area contributed by atoms with Gasteiger partial charge >= 0.3 is 5.97 Å². The second-order valence-corrected chi connectivity index (χ2v) is 5.82. The maximum absolute atomic E-state index is 12.0. The summed E-state index contributed by atoms with van der Waals surface area (Å²) >= 11 is 0. The molecule has 1 aromatic heterocycles. The molecule has 0 bridgehead atoms. The summed E-state index contributed by atoms with van der Waals surface area (Å²) < 4.78 is 4.87. The number of ether oxygens (including phenoxy) is 1. The molecular formula is C19H18N2O3. The summed E-state index contributed by atoms with van der Waals surface area (Å²) in [4.78, 5) is 21.2. The van der Waals surface area contributed by atoms with Crippen molar-refractivity contribution in [1.29, 1.82) is 0 Å². The fourth-order valence-corrected chi connectivity index (χ4v) is 3.26. The average Bonchev–Trinajstić information content (AvgIpc) is 3.26. The van der Waals surface area contributed by atoms with Gasteiger partial charge in [-0.2, -0.15) is 0 Å². The number of hydrogen-bond donors (Lipinski definition) is 1. The number of aromatic amines is 1. The molecule has 122 valence electrons. The van der Waals surface area contributed by atoms with Crippen LogP contribution >= 0.6 is 0 Å². The number of nitrogens with one attached hydrogen (secondary N) is 1. The van der Waals surface area contributed by atoms with Crippen LogP contribution < -0.4 is 5.06 Å². The highest BCUT2D eigenvalue weighted by Crippen LogP contribution is 2.40. The van der Waals surface area contributed by atoms with Gasteiger partial charge in [-0.1, -0.05) is 36.4 Å². The predicted octanol–water partition coefficient (Wildman–Crippen LogP) is 3.59. The smallest absolute Gasteiger partial charge is 0.337 e. The van der Waals surface area contributed by atoms with Gasteiger partial charge < -0.3 is 9.72 Å². The molecule has 5 heteroatoms. The van der Waals surface area contributed by atoms with E-state index in [9.17, 15) is 4.79 Å². The molecule has 24 heavy (non-hydrogen) atoms. The first-order chi connectivity index (χ1) is 11.8. The summed E-state index contributed by atoms with van der Waals surface area (Å²) in [5.74, 6) is -0.349. The zero-order valence-electron chi connectivity index (χ0n) is 13.3. The number of para-hydroxylation sites is 2.